The molecule has 0 aliphatic carbocycles. The summed E-state index contributed by atoms with van der Waals surface area (Å²) in [6.45, 7) is 4.51. The van der Waals surface area contributed by atoms with Gasteiger partial charge in [-0.2, -0.15) is 0 Å². The Hall–Kier alpha value is -0.530. The van der Waals surface area contributed by atoms with Crippen molar-refractivity contribution in [1.82, 2.24) is 4.90 Å². The first-order chi connectivity index (χ1) is 9.61. The summed E-state index contributed by atoms with van der Waals surface area (Å²) in [4.78, 5) is 13.6. The molecule has 0 radical (unpaired) electrons. The highest BCUT2D eigenvalue weighted by Crippen LogP contribution is 2.22. The average Bonchev–Trinajstić information content (AvgIpc) is 2.42. The summed E-state index contributed by atoms with van der Waals surface area (Å²) in [6.07, 6.45) is 15.2. The average molecular weight is 283 g/mol. The van der Waals surface area contributed by atoms with Crippen LogP contribution in [0.15, 0.2) is 0 Å². The monoisotopic (exact) mass is 283 g/mol. The molecule has 0 aliphatic heterocycles. The Kier molecular flexibility index (Phi) is 13.1. The second-order valence-corrected chi connectivity index (χ2v) is 6.41. The predicted molar refractivity (Wildman–Crippen MR) is 88.9 cm³/mol. The van der Waals surface area contributed by atoms with Crippen LogP contribution >= 0.6 is 0 Å². The van der Waals surface area contributed by atoms with Crippen molar-refractivity contribution < 1.29 is 4.79 Å². The minimum atomic E-state index is 0.305. The lowest BCUT2D eigenvalue weighted by atomic mass is 9.91. The number of carbonyl (C=O) groups is 1. The quantitative estimate of drug-likeness (QED) is 0.414. The zero-order valence-electron chi connectivity index (χ0n) is 14.4. The summed E-state index contributed by atoms with van der Waals surface area (Å²) in [5.74, 6) is 0.919. The SMILES string of the molecule is CCCCCCCC(CCCCCC)CC(=O)N(C)C. The van der Waals surface area contributed by atoms with Gasteiger partial charge in [-0.15, -0.1) is 0 Å². The lowest BCUT2D eigenvalue weighted by molar-refractivity contribution is -0.129. The van der Waals surface area contributed by atoms with Gasteiger partial charge in [0.25, 0.3) is 0 Å². The van der Waals surface area contributed by atoms with Gasteiger partial charge < -0.3 is 4.90 Å². The molecule has 0 spiro atoms. The van der Waals surface area contributed by atoms with Crippen LogP contribution in [0.3, 0.4) is 0 Å². The van der Waals surface area contributed by atoms with E-state index in [1.165, 1.54) is 70.6 Å². The molecule has 0 aliphatic rings. The molecule has 0 heterocycles. The lowest BCUT2D eigenvalue weighted by Gasteiger charge is -2.19. The largest absolute Gasteiger partial charge is 0.349 e. The van der Waals surface area contributed by atoms with E-state index in [2.05, 4.69) is 13.8 Å². The van der Waals surface area contributed by atoms with Gasteiger partial charge in [-0.05, 0) is 18.8 Å². The van der Waals surface area contributed by atoms with E-state index in [-0.39, 0.29) is 0 Å². The molecule has 1 unspecified atom stereocenters. The van der Waals surface area contributed by atoms with Crippen molar-refractivity contribution in [3.8, 4) is 0 Å². The lowest BCUT2D eigenvalue weighted by Crippen LogP contribution is -2.24. The fourth-order valence-corrected chi connectivity index (χ4v) is 2.67. The van der Waals surface area contributed by atoms with Crippen molar-refractivity contribution in [1.29, 1.82) is 0 Å². The van der Waals surface area contributed by atoms with E-state index in [9.17, 15) is 4.79 Å². The van der Waals surface area contributed by atoms with Crippen molar-refractivity contribution >= 4 is 5.91 Å². The molecule has 0 aromatic rings. The van der Waals surface area contributed by atoms with Crippen molar-refractivity contribution in [3.05, 3.63) is 0 Å². The Labute approximate surface area is 127 Å². The number of hydrogen-bond acceptors (Lipinski definition) is 1. The Morgan fingerprint density at radius 3 is 1.70 bits per heavy atom. The first kappa shape index (κ1) is 19.5. The van der Waals surface area contributed by atoms with E-state index >= 15 is 0 Å². The third-order valence-corrected chi connectivity index (χ3v) is 4.14. The third-order valence-electron chi connectivity index (χ3n) is 4.14. The molecule has 20 heavy (non-hydrogen) atoms. The summed E-state index contributed by atoms with van der Waals surface area (Å²) >= 11 is 0. The first-order valence-corrected chi connectivity index (χ1v) is 8.81. The number of hydrogen-bond donors (Lipinski definition) is 0. The van der Waals surface area contributed by atoms with E-state index in [4.69, 9.17) is 0 Å². The molecule has 0 N–H and O–H groups in total. The topological polar surface area (TPSA) is 20.3 Å². The van der Waals surface area contributed by atoms with Gasteiger partial charge in [0.1, 0.15) is 0 Å². The van der Waals surface area contributed by atoms with Crippen LogP contribution in [0.1, 0.15) is 90.9 Å². The molecule has 0 aromatic carbocycles. The molecule has 1 atom stereocenters. The summed E-state index contributed by atoms with van der Waals surface area (Å²) in [7, 11) is 3.75. The Bertz CT molecular complexity index is 225. The minimum Gasteiger partial charge on any atom is -0.349 e. The molecule has 1 amide bonds. The van der Waals surface area contributed by atoms with E-state index in [0.717, 1.165) is 6.42 Å². The maximum atomic E-state index is 11.9. The Morgan fingerprint density at radius 1 is 0.800 bits per heavy atom. The maximum absolute atomic E-state index is 11.9. The highest BCUT2D eigenvalue weighted by Gasteiger charge is 2.14. The smallest absolute Gasteiger partial charge is 0.222 e. The highest BCUT2D eigenvalue weighted by molar-refractivity contribution is 5.75. The summed E-state index contributed by atoms with van der Waals surface area (Å²) < 4.78 is 0. The molecule has 2 heteroatoms. The first-order valence-electron chi connectivity index (χ1n) is 8.81. The van der Waals surface area contributed by atoms with Crippen LogP contribution in [0.5, 0.6) is 0 Å². The molecule has 0 fully saturated rings. The zero-order chi connectivity index (χ0) is 15.2. The second kappa shape index (κ2) is 13.5. The van der Waals surface area contributed by atoms with Crippen LogP contribution in [0, 0.1) is 5.92 Å². The molecule has 0 saturated heterocycles. The van der Waals surface area contributed by atoms with Gasteiger partial charge in [0.05, 0.1) is 0 Å². The van der Waals surface area contributed by atoms with Crippen molar-refractivity contribution in [2.45, 2.75) is 90.9 Å². The molecular formula is C18H37NO. The number of amides is 1. The van der Waals surface area contributed by atoms with E-state index in [1.54, 1.807) is 4.90 Å². The van der Waals surface area contributed by atoms with Crippen LogP contribution < -0.4 is 0 Å². The van der Waals surface area contributed by atoms with Crippen LogP contribution in [-0.4, -0.2) is 24.9 Å². The van der Waals surface area contributed by atoms with Gasteiger partial charge >= 0.3 is 0 Å². The van der Waals surface area contributed by atoms with Crippen molar-refractivity contribution in [3.63, 3.8) is 0 Å². The molecular weight excluding hydrogens is 246 g/mol. The maximum Gasteiger partial charge on any atom is 0.222 e. The van der Waals surface area contributed by atoms with Gasteiger partial charge in [0, 0.05) is 20.5 Å². The molecule has 0 saturated carbocycles. The fourth-order valence-electron chi connectivity index (χ4n) is 2.67. The number of carbonyl (C=O) groups excluding carboxylic acids is 1. The minimum absolute atomic E-state index is 0.305. The Morgan fingerprint density at radius 2 is 1.25 bits per heavy atom. The van der Waals surface area contributed by atoms with Gasteiger partial charge in [-0.3, -0.25) is 4.79 Å². The van der Waals surface area contributed by atoms with Gasteiger partial charge in [-0.25, -0.2) is 0 Å². The molecule has 2 nitrogen and oxygen atoms in total. The normalized spacial score (nSPS) is 12.4. The van der Waals surface area contributed by atoms with Crippen molar-refractivity contribution in [2.75, 3.05) is 14.1 Å². The van der Waals surface area contributed by atoms with Crippen LogP contribution in [-0.2, 0) is 4.79 Å². The molecule has 0 rings (SSSR count). The Balaban J connectivity index is 3.94. The number of unbranched alkanes of at least 4 members (excludes halogenated alkanes) is 7. The standard InChI is InChI=1S/C18H37NO/c1-5-7-9-11-13-15-17(14-12-10-8-6-2)16-18(20)19(3)4/h17H,5-16H2,1-4H3. The van der Waals surface area contributed by atoms with E-state index in [0.29, 0.717) is 11.8 Å². The van der Waals surface area contributed by atoms with E-state index < -0.39 is 0 Å². The van der Waals surface area contributed by atoms with Gasteiger partial charge in [0.2, 0.25) is 5.91 Å². The predicted octanol–water partition coefficient (Wildman–Crippen LogP) is 5.41. The van der Waals surface area contributed by atoms with Gasteiger partial charge in [0.15, 0.2) is 0 Å². The zero-order valence-corrected chi connectivity index (χ0v) is 14.4. The number of rotatable bonds is 13. The summed E-state index contributed by atoms with van der Waals surface area (Å²) in [5.41, 5.74) is 0. The van der Waals surface area contributed by atoms with E-state index in [1.807, 2.05) is 14.1 Å². The highest BCUT2D eigenvalue weighted by atomic mass is 16.2. The van der Waals surface area contributed by atoms with Crippen LogP contribution in [0.25, 0.3) is 0 Å². The van der Waals surface area contributed by atoms with Gasteiger partial charge in [-0.1, -0.05) is 71.6 Å². The summed E-state index contributed by atoms with van der Waals surface area (Å²) in [5, 5.41) is 0. The number of nitrogens with zero attached hydrogens (tertiary/aromatic N) is 1. The second-order valence-electron chi connectivity index (χ2n) is 6.41. The van der Waals surface area contributed by atoms with Crippen LogP contribution in [0.4, 0.5) is 0 Å². The molecule has 0 bridgehead atoms. The van der Waals surface area contributed by atoms with Crippen molar-refractivity contribution in [2.24, 2.45) is 5.92 Å². The fraction of sp³-hybridized carbons (Fsp3) is 0.944. The van der Waals surface area contributed by atoms with Crippen LogP contribution in [0.2, 0.25) is 0 Å². The third kappa shape index (κ3) is 11.3. The molecule has 0 aromatic heterocycles. The molecule has 120 valence electrons. The summed E-state index contributed by atoms with van der Waals surface area (Å²) in [6, 6.07) is 0.